The number of esters is 1. The van der Waals surface area contributed by atoms with Crippen molar-refractivity contribution in [3.05, 3.63) is 11.1 Å². The van der Waals surface area contributed by atoms with Crippen molar-refractivity contribution >= 4 is 22.4 Å². The molecule has 0 aromatic carbocycles. The molecule has 5 nitrogen and oxygen atoms in total. The van der Waals surface area contributed by atoms with Crippen molar-refractivity contribution < 1.29 is 14.3 Å². The van der Waals surface area contributed by atoms with Crippen LogP contribution in [0.3, 0.4) is 0 Å². The smallest absolute Gasteiger partial charge is 0.306 e. The van der Waals surface area contributed by atoms with Gasteiger partial charge in [-0.15, -0.1) is 11.3 Å². The van der Waals surface area contributed by atoms with Crippen LogP contribution in [0, 0.1) is 5.92 Å². The number of hydrogen-bond donors (Lipinski definition) is 1. The van der Waals surface area contributed by atoms with Crippen LogP contribution in [0.15, 0.2) is 5.38 Å². The molecule has 0 aliphatic rings. The summed E-state index contributed by atoms with van der Waals surface area (Å²) in [7, 11) is 1.70. The number of aromatic nitrogens is 1. The lowest BCUT2D eigenvalue weighted by atomic mass is 10.1. The predicted octanol–water partition coefficient (Wildman–Crippen LogP) is 2.72. The molecular weight excluding hydrogens is 276 g/mol. The quantitative estimate of drug-likeness (QED) is 0.711. The number of thiazole rings is 1. The second kappa shape index (κ2) is 8.92. The molecule has 114 valence electrons. The van der Waals surface area contributed by atoms with Gasteiger partial charge in [0.1, 0.15) is 0 Å². The number of aryl methyl sites for hydroxylation is 1. The van der Waals surface area contributed by atoms with Crippen LogP contribution in [0.2, 0.25) is 0 Å². The highest BCUT2D eigenvalue weighted by Gasteiger charge is 2.15. The fourth-order valence-electron chi connectivity index (χ4n) is 1.69. The first-order valence-corrected chi connectivity index (χ1v) is 7.80. The summed E-state index contributed by atoms with van der Waals surface area (Å²) >= 11 is 1.56. The van der Waals surface area contributed by atoms with Gasteiger partial charge in [0.15, 0.2) is 5.13 Å². The highest BCUT2D eigenvalue weighted by atomic mass is 32.1. The second-order valence-electron chi connectivity index (χ2n) is 4.90. The zero-order valence-electron chi connectivity index (χ0n) is 12.6. The Balaban J connectivity index is 2.47. The van der Waals surface area contributed by atoms with Crippen molar-refractivity contribution in [3.8, 4) is 0 Å². The van der Waals surface area contributed by atoms with Crippen LogP contribution in [-0.4, -0.2) is 37.3 Å². The first-order valence-electron chi connectivity index (χ1n) is 6.92. The maximum absolute atomic E-state index is 11.3. The molecule has 1 heterocycles. The fourth-order valence-corrected chi connectivity index (χ4v) is 2.50. The summed E-state index contributed by atoms with van der Waals surface area (Å²) in [5, 5.41) is 6.23. The maximum atomic E-state index is 11.3. The first-order chi connectivity index (χ1) is 9.56. The molecule has 0 aliphatic heterocycles. The van der Waals surface area contributed by atoms with E-state index in [9.17, 15) is 4.79 Å². The lowest BCUT2D eigenvalue weighted by molar-refractivity contribution is -0.143. The van der Waals surface area contributed by atoms with Gasteiger partial charge in [0.25, 0.3) is 0 Å². The van der Waals surface area contributed by atoms with Crippen LogP contribution in [0.5, 0.6) is 0 Å². The SMILES string of the molecule is CCOC(=O)CCc1csc(NC(COC)C(C)C)n1. The van der Waals surface area contributed by atoms with Gasteiger partial charge in [0, 0.05) is 18.9 Å². The Bertz CT molecular complexity index is 407. The lowest BCUT2D eigenvalue weighted by Crippen LogP contribution is -2.30. The summed E-state index contributed by atoms with van der Waals surface area (Å²) in [5.74, 6) is 0.288. The Kier molecular flexibility index (Phi) is 7.54. The van der Waals surface area contributed by atoms with Crippen molar-refractivity contribution in [3.63, 3.8) is 0 Å². The van der Waals surface area contributed by atoms with Crippen LogP contribution < -0.4 is 5.32 Å². The number of nitrogens with zero attached hydrogens (tertiary/aromatic N) is 1. The molecule has 0 amide bonds. The van der Waals surface area contributed by atoms with Gasteiger partial charge in [-0.2, -0.15) is 0 Å². The van der Waals surface area contributed by atoms with E-state index in [1.807, 2.05) is 12.3 Å². The summed E-state index contributed by atoms with van der Waals surface area (Å²) in [6.45, 7) is 7.17. The van der Waals surface area contributed by atoms with Gasteiger partial charge < -0.3 is 14.8 Å². The maximum Gasteiger partial charge on any atom is 0.306 e. The molecule has 0 spiro atoms. The van der Waals surface area contributed by atoms with E-state index in [0.717, 1.165) is 10.8 Å². The Morgan fingerprint density at radius 2 is 2.25 bits per heavy atom. The second-order valence-corrected chi connectivity index (χ2v) is 5.76. The molecule has 20 heavy (non-hydrogen) atoms. The molecule has 0 radical (unpaired) electrons. The van der Waals surface area contributed by atoms with Crippen molar-refractivity contribution in [1.82, 2.24) is 4.98 Å². The molecule has 1 N–H and O–H groups in total. The average molecular weight is 300 g/mol. The van der Waals surface area contributed by atoms with Crippen molar-refractivity contribution in [2.45, 2.75) is 39.7 Å². The standard InChI is InChI=1S/C14H24N2O3S/c1-5-19-13(17)7-6-11-9-20-14(15-11)16-12(8-18-4)10(2)3/h9-10,12H,5-8H2,1-4H3,(H,15,16). The predicted molar refractivity (Wildman–Crippen MR) is 81.2 cm³/mol. The molecule has 1 unspecified atom stereocenters. The third-order valence-electron chi connectivity index (χ3n) is 2.90. The minimum atomic E-state index is -0.172. The summed E-state index contributed by atoms with van der Waals surface area (Å²) in [5.41, 5.74) is 0.922. The highest BCUT2D eigenvalue weighted by molar-refractivity contribution is 7.13. The van der Waals surface area contributed by atoms with Gasteiger partial charge in [0.05, 0.1) is 31.4 Å². The molecule has 0 fully saturated rings. The highest BCUT2D eigenvalue weighted by Crippen LogP contribution is 2.19. The summed E-state index contributed by atoms with van der Waals surface area (Å²) in [6, 6.07) is 0.240. The molecule has 0 aliphatic carbocycles. The van der Waals surface area contributed by atoms with Crippen LogP contribution >= 0.6 is 11.3 Å². The zero-order valence-corrected chi connectivity index (χ0v) is 13.5. The van der Waals surface area contributed by atoms with Gasteiger partial charge >= 0.3 is 5.97 Å². The summed E-state index contributed by atoms with van der Waals surface area (Å²) in [4.78, 5) is 15.8. The van der Waals surface area contributed by atoms with Crippen LogP contribution in [0.1, 0.15) is 32.9 Å². The number of carbonyl (C=O) groups is 1. The zero-order chi connectivity index (χ0) is 15.0. The van der Waals surface area contributed by atoms with Gasteiger partial charge in [-0.3, -0.25) is 4.79 Å². The normalized spacial score (nSPS) is 12.4. The number of hydrogen-bond acceptors (Lipinski definition) is 6. The molecule has 1 atom stereocenters. The third-order valence-corrected chi connectivity index (χ3v) is 3.72. The molecular formula is C14H24N2O3S. The van der Waals surface area contributed by atoms with Crippen molar-refractivity contribution in [2.75, 3.05) is 25.6 Å². The van der Waals surface area contributed by atoms with E-state index in [0.29, 0.717) is 32.0 Å². The molecule has 0 saturated carbocycles. The molecule has 6 heteroatoms. The van der Waals surface area contributed by atoms with E-state index in [-0.39, 0.29) is 12.0 Å². The number of methoxy groups -OCH3 is 1. The lowest BCUT2D eigenvalue weighted by Gasteiger charge is -2.20. The van der Waals surface area contributed by atoms with Crippen LogP contribution in [-0.2, 0) is 20.7 Å². The Morgan fingerprint density at radius 3 is 2.85 bits per heavy atom. The van der Waals surface area contributed by atoms with E-state index < -0.39 is 0 Å². The Hall–Kier alpha value is -1.14. The van der Waals surface area contributed by atoms with E-state index in [1.165, 1.54) is 0 Å². The summed E-state index contributed by atoms with van der Waals surface area (Å²) < 4.78 is 10.1. The van der Waals surface area contributed by atoms with Gasteiger partial charge in [-0.1, -0.05) is 13.8 Å². The topological polar surface area (TPSA) is 60.5 Å². The van der Waals surface area contributed by atoms with E-state index >= 15 is 0 Å². The molecule has 1 aromatic rings. The molecule has 1 aromatic heterocycles. The Labute approximate surface area is 124 Å². The van der Waals surface area contributed by atoms with Gasteiger partial charge in [-0.25, -0.2) is 4.98 Å². The number of anilines is 1. The largest absolute Gasteiger partial charge is 0.466 e. The number of nitrogens with one attached hydrogen (secondary N) is 1. The van der Waals surface area contributed by atoms with E-state index in [1.54, 1.807) is 18.4 Å². The molecule has 0 saturated heterocycles. The van der Waals surface area contributed by atoms with Gasteiger partial charge in [0.2, 0.25) is 0 Å². The number of ether oxygens (including phenoxy) is 2. The van der Waals surface area contributed by atoms with E-state index in [4.69, 9.17) is 9.47 Å². The molecule has 0 bridgehead atoms. The van der Waals surface area contributed by atoms with Crippen LogP contribution in [0.25, 0.3) is 0 Å². The summed E-state index contributed by atoms with van der Waals surface area (Å²) in [6.07, 6.45) is 0.996. The fraction of sp³-hybridized carbons (Fsp3) is 0.714. The van der Waals surface area contributed by atoms with Gasteiger partial charge in [-0.05, 0) is 12.8 Å². The van der Waals surface area contributed by atoms with E-state index in [2.05, 4.69) is 24.1 Å². The van der Waals surface area contributed by atoms with Crippen molar-refractivity contribution in [1.29, 1.82) is 0 Å². The van der Waals surface area contributed by atoms with Crippen molar-refractivity contribution in [2.24, 2.45) is 5.92 Å². The van der Waals surface area contributed by atoms with Crippen LogP contribution in [0.4, 0.5) is 5.13 Å². The third kappa shape index (κ3) is 5.88. The Morgan fingerprint density at radius 1 is 1.50 bits per heavy atom. The monoisotopic (exact) mass is 300 g/mol. The number of carbonyl (C=O) groups excluding carboxylic acids is 1. The minimum absolute atomic E-state index is 0.172. The molecule has 1 rings (SSSR count). The first kappa shape index (κ1) is 16.9. The average Bonchev–Trinajstić information content (AvgIpc) is 2.84. The minimum Gasteiger partial charge on any atom is -0.466 e. The number of rotatable bonds is 9.